The first-order valence-corrected chi connectivity index (χ1v) is 6.77. The van der Waals surface area contributed by atoms with Gasteiger partial charge in [-0.1, -0.05) is 12.7 Å². The van der Waals surface area contributed by atoms with E-state index >= 15 is 0 Å². The van der Waals surface area contributed by atoms with Crippen LogP contribution in [0.5, 0.6) is 0 Å². The van der Waals surface area contributed by atoms with Crippen molar-refractivity contribution in [2.24, 2.45) is 0 Å². The molecule has 0 rings (SSSR count). The van der Waals surface area contributed by atoms with Crippen molar-refractivity contribution < 1.29 is 32.8 Å². The van der Waals surface area contributed by atoms with Gasteiger partial charge in [0.15, 0.2) is 0 Å². The zero-order valence-corrected chi connectivity index (χ0v) is 11.9. The minimum absolute atomic E-state index is 0.0579. The lowest BCUT2D eigenvalue weighted by atomic mass is 10.2. The molecule has 1 unspecified atom stereocenters. The van der Waals surface area contributed by atoms with Crippen molar-refractivity contribution in [2.45, 2.75) is 20.3 Å². The van der Waals surface area contributed by atoms with Gasteiger partial charge in [-0.2, -0.15) is 0 Å². The van der Waals surface area contributed by atoms with Crippen LogP contribution in [-0.2, 0) is 27.7 Å². The number of carbonyl (C=O) groups excluding carboxylic acids is 1. The highest BCUT2D eigenvalue weighted by atomic mass is 31.2. The predicted molar refractivity (Wildman–Crippen MR) is 67.5 cm³/mol. The topological polar surface area (TPSA) is 99.1 Å². The van der Waals surface area contributed by atoms with Gasteiger partial charge < -0.3 is 9.63 Å². The molecule has 0 saturated carbocycles. The van der Waals surface area contributed by atoms with E-state index < -0.39 is 19.8 Å². The van der Waals surface area contributed by atoms with Crippen LogP contribution < -0.4 is 0 Å². The molecule has 0 saturated heterocycles. The molecule has 19 heavy (non-hydrogen) atoms. The molecular formula is C11H17O7P. The van der Waals surface area contributed by atoms with Crippen molar-refractivity contribution in [2.75, 3.05) is 13.7 Å². The molecule has 0 aliphatic heterocycles. The summed E-state index contributed by atoms with van der Waals surface area (Å²) in [6.45, 7) is 6.03. The van der Waals surface area contributed by atoms with Gasteiger partial charge in [0.1, 0.15) is 0 Å². The van der Waals surface area contributed by atoms with Gasteiger partial charge in [-0.25, -0.2) is 14.2 Å². The van der Waals surface area contributed by atoms with E-state index in [-0.39, 0.29) is 24.2 Å². The van der Waals surface area contributed by atoms with Crippen molar-refractivity contribution in [3.05, 3.63) is 23.8 Å². The second-order valence-corrected chi connectivity index (χ2v) is 5.30. The Hall–Kier alpha value is -1.43. The molecule has 108 valence electrons. The summed E-state index contributed by atoms with van der Waals surface area (Å²) in [5, 5.41) is 8.60. The molecule has 0 fully saturated rings. The number of carbonyl (C=O) groups is 2. The largest absolute Gasteiger partial charge is 0.532 e. The molecule has 0 aliphatic rings. The van der Waals surface area contributed by atoms with Gasteiger partial charge >= 0.3 is 19.8 Å². The van der Waals surface area contributed by atoms with E-state index in [1.807, 2.05) is 0 Å². The van der Waals surface area contributed by atoms with Crippen LogP contribution in [0.15, 0.2) is 23.8 Å². The standard InChI is InChI=1S/C11H17O7P/c1-8(2)11(14)18-19(15,16-4)17-7-5-6-9(3)10(12)13/h6H,1,5,7H2,2-4H3,(H,12,13). The van der Waals surface area contributed by atoms with Crippen LogP contribution in [0, 0.1) is 0 Å². The third kappa shape index (κ3) is 6.91. The molecule has 0 amide bonds. The fraction of sp³-hybridized carbons (Fsp3) is 0.455. The Labute approximate surface area is 111 Å². The second-order valence-electron chi connectivity index (χ2n) is 3.60. The smallest absolute Gasteiger partial charge is 0.478 e. The van der Waals surface area contributed by atoms with Crippen LogP contribution in [0.25, 0.3) is 0 Å². The number of hydrogen-bond donors (Lipinski definition) is 1. The number of aliphatic carboxylic acids is 1. The van der Waals surface area contributed by atoms with Gasteiger partial charge in [-0.3, -0.25) is 9.05 Å². The third-order valence-corrected chi connectivity index (χ3v) is 3.26. The minimum atomic E-state index is -3.98. The highest BCUT2D eigenvalue weighted by Crippen LogP contribution is 2.49. The molecular weight excluding hydrogens is 275 g/mol. The second kappa shape index (κ2) is 7.89. The Balaban J connectivity index is 4.38. The first-order chi connectivity index (χ1) is 8.72. The SMILES string of the molecule is C=C(C)C(=O)OP(=O)(OC)OCCC=C(C)C(=O)O. The fourth-order valence-electron chi connectivity index (χ4n) is 0.823. The predicted octanol–water partition coefficient (Wildman–Crippen LogP) is 2.30. The number of rotatable bonds is 8. The van der Waals surface area contributed by atoms with E-state index in [0.717, 1.165) is 7.11 Å². The summed E-state index contributed by atoms with van der Waals surface area (Å²) in [6, 6.07) is 0. The maximum absolute atomic E-state index is 11.8. The average Bonchev–Trinajstić information content (AvgIpc) is 2.34. The summed E-state index contributed by atoms with van der Waals surface area (Å²) >= 11 is 0. The van der Waals surface area contributed by atoms with Gasteiger partial charge in [-0.15, -0.1) is 0 Å². The van der Waals surface area contributed by atoms with Gasteiger partial charge in [0, 0.05) is 18.3 Å². The van der Waals surface area contributed by atoms with E-state index in [9.17, 15) is 14.2 Å². The molecule has 7 nitrogen and oxygen atoms in total. The van der Waals surface area contributed by atoms with Gasteiger partial charge in [0.2, 0.25) is 0 Å². The quantitative estimate of drug-likeness (QED) is 0.416. The minimum Gasteiger partial charge on any atom is -0.478 e. The lowest BCUT2D eigenvalue weighted by Crippen LogP contribution is -2.07. The Morgan fingerprint density at radius 3 is 2.37 bits per heavy atom. The maximum Gasteiger partial charge on any atom is 0.532 e. The van der Waals surface area contributed by atoms with E-state index in [1.54, 1.807) is 0 Å². The normalized spacial score (nSPS) is 14.6. The lowest BCUT2D eigenvalue weighted by Gasteiger charge is -2.14. The average molecular weight is 292 g/mol. The van der Waals surface area contributed by atoms with Gasteiger partial charge in [0.25, 0.3) is 0 Å². The molecule has 1 atom stereocenters. The maximum atomic E-state index is 11.8. The number of carboxylic acid groups (broad SMARTS) is 1. The molecule has 0 heterocycles. The Bertz CT molecular complexity index is 438. The van der Waals surface area contributed by atoms with Gasteiger partial charge in [-0.05, 0) is 20.3 Å². The van der Waals surface area contributed by atoms with E-state index in [0.29, 0.717) is 0 Å². The molecule has 8 heteroatoms. The van der Waals surface area contributed by atoms with Crippen molar-refractivity contribution in [3.8, 4) is 0 Å². The van der Waals surface area contributed by atoms with Crippen LogP contribution in [0.4, 0.5) is 0 Å². The van der Waals surface area contributed by atoms with Crippen LogP contribution >= 0.6 is 7.82 Å². The number of phosphoric acid groups is 1. The molecule has 0 aliphatic carbocycles. The lowest BCUT2D eigenvalue weighted by molar-refractivity contribution is -0.133. The zero-order valence-electron chi connectivity index (χ0n) is 11.0. The number of hydrogen-bond acceptors (Lipinski definition) is 6. The monoisotopic (exact) mass is 292 g/mol. The Morgan fingerprint density at radius 2 is 1.95 bits per heavy atom. The Morgan fingerprint density at radius 1 is 1.37 bits per heavy atom. The van der Waals surface area contributed by atoms with E-state index in [2.05, 4.69) is 15.6 Å². The summed E-state index contributed by atoms with van der Waals surface area (Å²) in [6.07, 6.45) is 1.58. The van der Waals surface area contributed by atoms with Crippen molar-refractivity contribution >= 4 is 19.8 Å². The molecule has 0 aromatic heterocycles. The first-order valence-electron chi connectivity index (χ1n) is 5.31. The summed E-state index contributed by atoms with van der Waals surface area (Å²) in [5.41, 5.74) is 0.192. The highest BCUT2D eigenvalue weighted by molar-refractivity contribution is 7.49. The van der Waals surface area contributed by atoms with Crippen LogP contribution in [0.2, 0.25) is 0 Å². The van der Waals surface area contributed by atoms with Crippen LogP contribution in [-0.4, -0.2) is 30.8 Å². The molecule has 1 N–H and O–H groups in total. The van der Waals surface area contributed by atoms with Gasteiger partial charge in [0.05, 0.1) is 6.61 Å². The first kappa shape index (κ1) is 17.6. The molecule has 0 aromatic carbocycles. The Kier molecular flexibility index (Phi) is 7.29. The molecule has 0 aromatic rings. The van der Waals surface area contributed by atoms with Crippen LogP contribution in [0.3, 0.4) is 0 Å². The summed E-state index contributed by atoms with van der Waals surface area (Å²) < 4.78 is 25.7. The fourth-order valence-corrected chi connectivity index (χ4v) is 1.74. The molecule has 0 bridgehead atoms. The number of carboxylic acids is 1. The summed E-state index contributed by atoms with van der Waals surface area (Å²) in [4.78, 5) is 21.7. The van der Waals surface area contributed by atoms with E-state index in [1.165, 1.54) is 19.9 Å². The zero-order chi connectivity index (χ0) is 15.1. The highest BCUT2D eigenvalue weighted by Gasteiger charge is 2.29. The van der Waals surface area contributed by atoms with Crippen molar-refractivity contribution in [3.63, 3.8) is 0 Å². The van der Waals surface area contributed by atoms with Crippen molar-refractivity contribution in [1.82, 2.24) is 0 Å². The summed E-state index contributed by atoms with van der Waals surface area (Å²) in [7, 11) is -2.91. The third-order valence-electron chi connectivity index (χ3n) is 1.92. The molecule has 0 spiro atoms. The van der Waals surface area contributed by atoms with Crippen molar-refractivity contribution in [1.29, 1.82) is 0 Å². The molecule has 0 radical (unpaired) electrons. The van der Waals surface area contributed by atoms with Crippen LogP contribution in [0.1, 0.15) is 20.3 Å². The van der Waals surface area contributed by atoms with E-state index in [4.69, 9.17) is 9.63 Å². The number of phosphoric ester groups is 1. The summed E-state index contributed by atoms with van der Waals surface area (Å²) in [5.74, 6) is -1.94.